The van der Waals surface area contributed by atoms with Gasteiger partial charge in [0.2, 0.25) is 0 Å². The molecule has 0 aromatic heterocycles. The number of hydrogen-bond donors (Lipinski definition) is 1. The maximum Gasteiger partial charge on any atom is 0.407 e. The number of carbonyl (C=O) groups is 3. The third-order valence-corrected chi connectivity index (χ3v) is 4.70. The fourth-order valence-corrected chi connectivity index (χ4v) is 3.37. The van der Waals surface area contributed by atoms with Crippen molar-refractivity contribution in [2.75, 3.05) is 6.61 Å². The molecular weight excluding hydrogens is 374 g/mol. The van der Waals surface area contributed by atoms with Crippen LogP contribution in [-0.4, -0.2) is 36.3 Å². The first kappa shape index (κ1) is 22.7. The van der Waals surface area contributed by atoms with E-state index in [1.807, 2.05) is 30.3 Å². The van der Waals surface area contributed by atoms with Crippen LogP contribution in [0, 0.1) is 11.8 Å². The van der Waals surface area contributed by atoms with E-state index in [2.05, 4.69) is 5.32 Å². The van der Waals surface area contributed by atoms with Gasteiger partial charge in [-0.3, -0.25) is 9.59 Å². The summed E-state index contributed by atoms with van der Waals surface area (Å²) in [6.45, 7) is 7.54. The average Bonchev–Trinajstić information content (AvgIpc) is 2.66. The first-order valence-electron chi connectivity index (χ1n) is 10.1. The van der Waals surface area contributed by atoms with E-state index in [1.54, 1.807) is 27.7 Å². The Kier molecular flexibility index (Phi) is 8.05. The molecule has 160 valence electrons. The van der Waals surface area contributed by atoms with Gasteiger partial charge in [-0.1, -0.05) is 30.3 Å². The van der Waals surface area contributed by atoms with Gasteiger partial charge in [0.15, 0.2) is 0 Å². The monoisotopic (exact) mass is 405 g/mol. The molecule has 0 radical (unpaired) electrons. The van der Waals surface area contributed by atoms with E-state index < -0.39 is 29.6 Å². The molecule has 0 bridgehead atoms. The van der Waals surface area contributed by atoms with Crippen LogP contribution in [0.2, 0.25) is 0 Å². The molecule has 29 heavy (non-hydrogen) atoms. The molecule has 1 amide bonds. The summed E-state index contributed by atoms with van der Waals surface area (Å²) in [5.41, 5.74) is 0.212. The van der Waals surface area contributed by atoms with Crippen LogP contribution in [0.15, 0.2) is 30.3 Å². The summed E-state index contributed by atoms with van der Waals surface area (Å²) < 4.78 is 15.9. The average molecular weight is 405 g/mol. The zero-order valence-electron chi connectivity index (χ0n) is 17.6. The molecule has 1 N–H and O–H groups in total. The van der Waals surface area contributed by atoms with E-state index in [4.69, 9.17) is 14.2 Å². The van der Waals surface area contributed by atoms with Gasteiger partial charge < -0.3 is 19.5 Å². The summed E-state index contributed by atoms with van der Waals surface area (Å²) in [5.74, 6) is -1.77. The number of amides is 1. The first-order chi connectivity index (χ1) is 13.7. The second kappa shape index (κ2) is 10.3. The van der Waals surface area contributed by atoms with Crippen LogP contribution in [-0.2, 0) is 30.4 Å². The molecule has 1 aromatic rings. The molecule has 0 saturated heterocycles. The Balaban J connectivity index is 2.01. The molecule has 1 fully saturated rings. The number of carbonyl (C=O) groups excluding carboxylic acids is 3. The lowest BCUT2D eigenvalue weighted by Gasteiger charge is -2.35. The third-order valence-electron chi connectivity index (χ3n) is 4.70. The Labute approximate surface area is 172 Å². The Bertz CT molecular complexity index is 697. The topological polar surface area (TPSA) is 90.9 Å². The van der Waals surface area contributed by atoms with Gasteiger partial charge >= 0.3 is 18.0 Å². The number of hydrogen-bond acceptors (Lipinski definition) is 6. The normalized spacial score (nSPS) is 21.7. The molecule has 0 heterocycles. The minimum absolute atomic E-state index is 0.141. The molecule has 0 spiro atoms. The summed E-state index contributed by atoms with van der Waals surface area (Å²) in [6, 6.07) is 8.89. The smallest absolute Gasteiger partial charge is 0.407 e. The summed E-state index contributed by atoms with van der Waals surface area (Å²) in [5, 5.41) is 2.78. The van der Waals surface area contributed by atoms with Crippen LogP contribution < -0.4 is 5.32 Å². The van der Waals surface area contributed by atoms with Gasteiger partial charge in [0.25, 0.3) is 0 Å². The number of alkyl carbamates (subject to hydrolysis) is 1. The lowest BCUT2D eigenvalue weighted by molar-refractivity contribution is -0.164. The van der Waals surface area contributed by atoms with Crippen molar-refractivity contribution in [2.45, 2.75) is 65.2 Å². The van der Waals surface area contributed by atoms with Gasteiger partial charge in [0.1, 0.15) is 12.2 Å². The quantitative estimate of drug-likeness (QED) is 0.574. The van der Waals surface area contributed by atoms with Crippen molar-refractivity contribution in [3.63, 3.8) is 0 Å². The molecule has 1 aliphatic rings. The highest BCUT2D eigenvalue weighted by Crippen LogP contribution is 2.32. The van der Waals surface area contributed by atoms with Gasteiger partial charge in [-0.25, -0.2) is 4.79 Å². The molecular formula is C22H31NO6. The van der Waals surface area contributed by atoms with Gasteiger partial charge in [0.05, 0.1) is 18.4 Å². The SMILES string of the molecule is CCOC(=O)[C@@H]1CC[C@@H](NC(=O)OCc2ccccc2)[C@@H](C(=O)OC(C)(C)C)C1. The second-order valence-corrected chi connectivity index (χ2v) is 8.21. The Morgan fingerprint density at radius 2 is 1.72 bits per heavy atom. The molecule has 1 saturated carbocycles. The maximum atomic E-state index is 12.7. The van der Waals surface area contributed by atoms with Crippen molar-refractivity contribution in [3.8, 4) is 0 Å². The van der Waals surface area contributed by atoms with Crippen LogP contribution in [0.5, 0.6) is 0 Å². The Hall–Kier alpha value is -2.57. The fraction of sp³-hybridized carbons (Fsp3) is 0.591. The van der Waals surface area contributed by atoms with E-state index in [9.17, 15) is 14.4 Å². The largest absolute Gasteiger partial charge is 0.466 e. The molecule has 7 heteroatoms. The van der Waals surface area contributed by atoms with Crippen LogP contribution in [0.4, 0.5) is 4.79 Å². The van der Waals surface area contributed by atoms with Crippen LogP contribution in [0.1, 0.15) is 52.5 Å². The van der Waals surface area contributed by atoms with E-state index in [0.717, 1.165) is 5.56 Å². The van der Waals surface area contributed by atoms with E-state index in [1.165, 1.54) is 0 Å². The summed E-state index contributed by atoms with van der Waals surface area (Å²) in [7, 11) is 0. The van der Waals surface area contributed by atoms with Crippen molar-refractivity contribution < 1.29 is 28.6 Å². The predicted octanol–water partition coefficient (Wildman–Crippen LogP) is 3.60. The van der Waals surface area contributed by atoms with Crippen LogP contribution in [0.3, 0.4) is 0 Å². The number of esters is 2. The van der Waals surface area contributed by atoms with Gasteiger partial charge in [-0.15, -0.1) is 0 Å². The van der Waals surface area contributed by atoms with Gasteiger partial charge in [-0.05, 0) is 52.5 Å². The Morgan fingerprint density at radius 3 is 2.34 bits per heavy atom. The van der Waals surface area contributed by atoms with Gasteiger partial charge in [0, 0.05) is 6.04 Å². The molecule has 1 aliphatic carbocycles. The predicted molar refractivity (Wildman–Crippen MR) is 107 cm³/mol. The zero-order valence-corrected chi connectivity index (χ0v) is 17.6. The maximum absolute atomic E-state index is 12.7. The Morgan fingerprint density at radius 1 is 1.03 bits per heavy atom. The van der Waals surface area contributed by atoms with E-state index >= 15 is 0 Å². The van der Waals surface area contributed by atoms with Crippen LogP contribution in [0.25, 0.3) is 0 Å². The second-order valence-electron chi connectivity index (χ2n) is 8.21. The standard InChI is InChI=1S/C22H31NO6/c1-5-27-19(24)16-11-12-18(17(13-16)20(25)29-22(2,3)4)23-21(26)28-14-15-9-7-6-8-10-15/h6-10,16-18H,5,11-14H2,1-4H3,(H,23,26)/t16-,17+,18-/m1/s1. The van der Waals surface area contributed by atoms with Crippen molar-refractivity contribution in [1.82, 2.24) is 5.32 Å². The van der Waals surface area contributed by atoms with Crippen molar-refractivity contribution in [2.24, 2.45) is 11.8 Å². The highest BCUT2D eigenvalue weighted by molar-refractivity contribution is 5.78. The number of ether oxygens (including phenoxy) is 3. The van der Waals surface area contributed by atoms with Crippen molar-refractivity contribution >= 4 is 18.0 Å². The summed E-state index contributed by atoms with van der Waals surface area (Å²) in [6.07, 6.45) is 0.675. The van der Waals surface area contributed by atoms with Gasteiger partial charge in [-0.2, -0.15) is 0 Å². The van der Waals surface area contributed by atoms with Crippen LogP contribution >= 0.6 is 0 Å². The molecule has 0 unspecified atom stereocenters. The number of benzene rings is 1. The minimum Gasteiger partial charge on any atom is -0.466 e. The number of rotatable bonds is 6. The van der Waals surface area contributed by atoms with Crippen molar-refractivity contribution in [3.05, 3.63) is 35.9 Å². The summed E-state index contributed by atoms with van der Waals surface area (Å²) in [4.78, 5) is 37.2. The minimum atomic E-state index is -0.660. The fourth-order valence-electron chi connectivity index (χ4n) is 3.37. The highest BCUT2D eigenvalue weighted by atomic mass is 16.6. The molecule has 0 aliphatic heterocycles. The highest BCUT2D eigenvalue weighted by Gasteiger charge is 2.41. The molecule has 1 aromatic carbocycles. The summed E-state index contributed by atoms with van der Waals surface area (Å²) >= 11 is 0. The number of nitrogens with one attached hydrogen (secondary N) is 1. The van der Waals surface area contributed by atoms with E-state index in [-0.39, 0.29) is 24.9 Å². The van der Waals surface area contributed by atoms with Crippen molar-refractivity contribution in [1.29, 1.82) is 0 Å². The first-order valence-corrected chi connectivity index (χ1v) is 10.1. The lowest BCUT2D eigenvalue weighted by atomic mass is 9.78. The molecule has 2 rings (SSSR count). The molecule has 7 nitrogen and oxygen atoms in total. The lowest BCUT2D eigenvalue weighted by Crippen LogP contribution is -2.49. The van der Waals surface area contributed by atoms with E-state index in [0.29, 0.717) is 19.4 Å². The third kappa shape index (κ3) is 7.40. The zero-order chi connectivity index (χ0) is 21.4. The molecule has 3 atom stereocenters.